The highest BCUT2D eigenvalue weighted by molar-refractivity contribution is 5.76. The topological polar surface area (TPSA) is 48.5 Å². The Balaban J connectivity index is 1.31. The monoisotopic (exact) mass is 450 g/mol. The summed E-state index contributed by atoms with van der Waals surface area (Å²) in [6.45, 7) is 5.52. The van der Waals surface area contributed by atoms with Gasteiger partial charge in [-0.2, -0.15) is 0 Å². The van der Waals surface area contributed by atoms with Crippen molar-refractivity contribution in [2.45, 2.75) is 25.8 Å². The zero-order valence-corrected chi connectivity index (χ0v) is 18.7. The fraction of sp³-hybridized carbons (Fsp3) is 0.308. The fourth-order valence-corrected chi connectivity index (χ4v) is 4.09. The van der Waals surface area contributed by atoms with Crippen molar-refractivity contribution in [3.05, 3.63) is 89.6 Å². The second-order valence-corrected chi connectivity index (χ2v) is 8.28. The highest BCUT2D eigenvalue weighted by Gasteiger charge is 2.19. The first kappa shape index (κ1) is 22.7. The van der Waals surface area contributed by atoms with Crippen molar-refractivity contribution in [3.63, 3.8) is 0 Å². The molecule has 33 heavy (non-hydrogen) atoms. The molecule has 1 aliphatic heterocycles. The molecule has 7 heteroatoms. The lowest BCUT2D eigenvalue weighted by molar-refractivity contribution is -0.121. The van der Waals surface area contributed by atoms with E-state index in [0.717, 1.165) is 49.3 Å². The van der Waals surface area contributed by atoms with Gasteiger partial charge < -0.3 is 15.1 Å². The minimum absolute atomic E-state index is 0.141. The predicted molar refractivity (Wildman–Crippen MR) is 126 cm³/mol. The molecule has 2 heterocycles. The lowest BCUT2D eigenvalue weighted by Crippen LogP contribution is -2.46. The number of rotatable bonds is 7. The van der Waals surface area contributed by atoms with Crippen molar-refractivity contribution in [2.75, 3.05) is 36.0 Å². The van der Waals surface area contributed by atoms with Crippen LogP contribution in [-0.2, 0) is 11.2 Å². The molecule has 5 nitrogen and oxygen atoms in total. The Labute approximate surface area is 193 Å². The molecule has 1 N–H and O–H groups in total. The lowest BCUT2D eigenvalue weighted by atomic mass is 10.1. The highest BCUT2D eigenvalue weighted by Crippen LogP contribution is 2.23. The molecule has 0 radical (unpaired) electrons. The van der Waals surface area contributed by atoms with Crippen LogP contribution in [0.3, 0.4) is 0 Å². The molecule has 3 aromatic rings. The summed E-state index contributed by atoms with van der Waals surface area (Å²) in [5, 5.41) is 2.99. The van der Waals surface area contributed by atoms with E-state index in [4.69, 9.17) is 0 Å². The summed E-state index contributed by atoms with van der Waals surface area (Å²) in [6, 6.07) is 17.4. The van der Waals surface area contributed by atoms with E-state index < -0.39 is 11.6 Å². The summed E-state index contributed by atoms with van der Waals surface area (Å²) in [6.07, 6.45) is 2.18. The van der Waals surface area contributed by atoms with Gasteiger partial charge in [-0.3, -0.25) is 4.79 Å². The Morgan fingerprint density at radius 3 is 2.52 bits per heavy atom. The number of amides is 1. The van der Waals surface area contributed by atoms with Crippen molar-refractivity contribution >= 4 is 17.4 Å². The largest absolute Gasteiger partial charge is 0.368 e. The summed E-state index contributed by atoms with van der Waals surface area (Å²) in [5.74, 6) is -0.401. The van der Waals surface area contributed by atoms with Gasteiger partial charge in [0.1, 0.15) is 17.5 Å². The third kappa shape index (κ3) is 5.86. The number of nitrogens with one attached hydrogen (secondary N) is 1. The lowest BCUT2D eigenvalue weighted by Gasteiger charge is -2.37. The molecule has 0 aliphatic carbocycles. The number of aryl methyl sites for hydroxylation is 1. The van der Waals surface area contributed by atoms with Crippen LogP contribution in [0.25, 0.3) is 0 Å². The van der Waals surface area contributed by atoms with Crippen molar-refractivity contribution < 1.29 is 13.6 Å². The zero-order valence-electron chi connectivity index (χ0n) is 18.7. The third-order valence-corrected chi connectivity index (χ3v) is 6.00. The van der Waals surface area contributed by atoms with Crippen LogP contribution in [0.4, 0.5) is 20.3 Å². The molecule has 1 fully saturated rings. The van der Waals surface area contributed by atoms with Gasteiger partial charge in [-0.1, -0.05) is 24.3 Å². The molecular formula is C26H28F2N4O. The first-order valence-electron chi connectivity index (χ1n) is 11.2. The maximum absolute atomic E-state index is 13.8. The Bertz CT molecular complexity index is 1080. The van der Waals surface area contributed by atoms with Gasteiger partial charge in [0.2, 0.25) is 5.91 Å². The van der Waals surface area contributed by atoms with E-state index in [-0.39, 0.29) is 24.8 Å². The van der Waals surface area contributed by atoms with Gasteiger partial charge >= 0.3 is 0 Å². The average Bonchev–Trinajstić information content (AvgIpc) is 2.84. The standard InChI is InChI=1S/C26H28F2N4O/c1-19(30-26(33)11-9-20-8-10-22(27)18-24(20)28)21-5-4-6-23(17-21)31-13-15-32(16-14-31)25-7-2-3-12-29-25/h2-8,10,12,17-19H,9,11,13-16H2,1H3,(H,30,33). The van der Waals surface area contributed by atoms with Gasteiger partial charge in [-0.15, -0.1) is 0 Å². The van der Waals surface area contributed by atoms with E-state index in [0.29, 0.717) is 5.56 Å². The zero-order chi connectivity index (χ0) is 23.2. The molecule has 172 valence electrons. The maximum atomic E-state index is 13.8. The van der Waals surface area contributed by atoms with E-state index in [1.165, 1.54) is 12.1 Å². The quantitative estimate of drug-likeness (QED) is 0.576. The first-order valence-corrected chi connectivity index (χ1v) is 11.2. The number of piperazine rings is 1. The van der Waals surface area contributed by atoms with Gasteiger partial charge in [0, 0.05) is 50.6 Å². The number of benzene rings is 2. The van der Waals surface area contributed by atoms with Crippen molar-refractivity contribution in [3.8, 4) is 0 Å². The second kappa shape index (κ2) is 10.4. The fourth-order valence-electron chi connectivity index (χ4n) is 4.09. The van der Waals surface area contributed by atoms with Crippen LogP contribution in [0.2, 0.25) is 0 Å². The van der Waals surface area contributed by atoms with Crippen LogP contribution in [0.15, 0.2) is 66.9 Å². The Hall–Kier alpha value is -3.48. The Morgan fingerprint density at radius 2 is 1.79 bits per heavy atom. The molecule has 0 bridgehead atoms. The van der Waals surface area contributed by atoms with E-state index >= 15 is 0 Å². The summed E-state index contributed by atoms with van der Waals surface area (Å²) >= 11 is 0. The van der Waals surface area contributed by atoms with Gasteiger partial charge in [0.25, 0.3) is 0 Å². The minimum atomic E-state index is -0.619. The van der Waals surface area contributed by atoms with Crippen molar-refractivity contribution in [2.24, 2.45) is 0 Å². The van der Waals surface area contributed by atoms with Crippen LogP contribution in [0, 0.1) is 11.6 Å². The van der Waals surface area contributed by atoms with E-state index in [2.05, 4.69) is 32.2 Å². The number of nitrogens with zero attached hydrogens (tertiary/aromatic N) is 3. The SMILES string of the molecule is CC(NC(=O)CCc1ccc(F)cc1F)c1cccc(N2CCN(c3ccccn3)CC2)c1. The van der Waals surface area contributed by atoms with Crippen LogP contribution in [0.5, 0.6) is 0 Å². The maximum Gasteiger partial charge on any atom is 0.220 e. The number of carbonyl (C=O) groups is 1. The molecule has 4 rings (SSSR count). The van der Waals surface area contributed by atoms with Crippen LogP contribution in [-0.4, -0.2) is 37.1 Å². The van der Waals surface area contributed by atoms with Gasteiger partial charge in [0.15, 0.2) is 0 Å². The number of pyridine rings is 1. The summed E-state index contributed by atoms with van der Waals surface area (Å²) < 4.78 is 26.8. The van der Waals surface area contributed by atoms with E-state index in [1.54, 1.807) is 0 Å². The van der Waals surface area contributed by atoms with E-state index in [1.807, 2.05) is 43.5 Å². The minimum Gasteiger partial charge on any atom is -0.368 e. The summed E-state index contributed by atoms with van der Waals surface area (Å²) in [4.78, 5) is 21.5. The number of carbonyl (C=O) groups excluding carboxylic acids is 1. The molecule has 1 aliphatic rings. The molecule has 1 unspecified atom stereocenters. The molecule has 1 atom stereocenters. The summed E-state index contributed by atoms with van der Waals surface area (Å²) in [5.41, 5.74) is 2.48. The molecule has 1 saturated heterocycles. The number of hydrogen-bond donors (Lipinski definition) is 1. The van der Waals surface area contributed by atoms with Crippen molar-refractivity contribution in [1.29, 1.82) is 0 Å². The molecule has 0 spiro atoms. The van der Waals surface area contributed by atoms with Crippen LogP contribution >= 0.6 is 0 Å². The molecule has 1 amide bonds. The Morgan fingerprint density at radius 1 is 1.00 bits per heavy atom. The van der Waals surface area contributed by atoms with Gasteiger partial charge in [0.05, 0.1) is 6.04 Å². The number of anilines is 2. The number of halogens is 2. The summed E-state index contributed by atoms with van der Waals surface area (Å²) in [7, 11) is 0. The van der Waals surface area contributed by atoms with E-state index in [9.17, 15) is 13.6 Å². The highest BCUT2D eigenvalue weighted by atomic mass is 19.1. The predicted octanol–water partition coefficient (Wildman–Crippen LogP) is 4.50. The molecule has 2 aromatic carbocycles. The van der Waals surface area contributed by atoms with Gasteiger partial charge in [-0.25, -0.2) is 13.8 Å². The number of aromatic nitrogens is 1. The molecular weight excluding hydrogens is 422 g/mol. The van der Waals surface area contributed by atoms with Crippen LogP contribution < -0.4 is 15.1 Å². The van der Waals surface area contributed by atoms with Crippen molar-refractivity contribution in [1.82, 2.24) is 10.3 Å². The van der Waals surface area contributed by atoms with Crippen LogP contribution in [0.1, 0.15) is 30.5 Å². The molecule has 1 aromatic heterocycles. The normalized spacial score (nSPS) is 14.8. The average molecular weight is 451 g/mol. The second-order valence-electron chi connectivity index (χ2n) is 8.28. The Kier molecular flexibility index (Phi) is 7.17. The molecule has 0 saturated carbocycles. The first-order chi connectivity index (χ1) is 16.0. The van der Waals surface area contributed by atoms with Gasteiger partial charge in [-0.05, 0) is 54.8 Å². The third-order valence-electron chi connectivity index (χ3n) is 6.00. The number of hydrogen-bond acceptors (Lipinski definition) is 4. The smallest absolute Gasteiger partial charge is 0.220 e.